The fourth-order valence-corrected chi connectivity index (χ4v) is 4.87. The standard InChI is InChI=1S/C24H25N3O3/c1-15(2)17-5-7-18(8-6-17)27-14-24-10-9-19(30-24)20(21(24)23(27)29)22(28)26-13-16-4-3-11-25-12-16/h3-12,15,19-21H,13-14H2,1-2H3,(H,26,28)/t19-,20?,21?,24?/m1/s1. The molecule has 154 valence electrons. The third-order valence-corrected chi connectivity index (χ3v) is 6.46. The second-order valence-corrected chi connectivity index (χ2v) is 8.65. The largest absolute Gasteiger partial charge is 0.360 e. The Morgan fingerprint density at radius 3 is 2.80 bits per heavy atom. The molecule has 2 saturated heterocycles. The molecule has 6 nitrogen and oxygen atoms in total. The summed E-state index contributed by atoms with van der Waals surface area (Å²) in [6.07, 6.45) is 6.99. The van der Waals surface area contributed by atoms with Gasteiger partial charge in [0.1, 0.15) is 5.60 Å². The number of pyridine rings is 1. The van der Waals surface area contributed by atoms with Gasteiger partial charge in [-0.2, -0.15) is 0 Å². The summed E-state index contributed by atoms with van der Waals surface area (Å²) in [6, 6.07) is 11.8. The van der Waals surface area contributed by atoms with Crippen LogP contribution in [0.1, 0.15) is 30.9 Å². The number of benzene rings is 1. The van der Waals surface area contributed by atoms with Crippen molar-refractivity contribution in [1.82, 2.24) is 10.3 Å². The van der Waals surface area contributed by atoms with E-state index in [1.807, 2.05) is 36.4 Å². The van der Waals surface area contributed by atoms with Gasteiger partial charge in [-0.25, -0.2) is 0 Å². The smallest absolute Gasteiger partial charge is 0.234 e. The molecule has 1 aromatic heterocycles. The Hall–Kier alpha value is -2.99. The maximum absolute atomic E-state index is 13.4. The van der Waals surface area contributed by atoms with E-state index in [2.05, 4.69) is 36.3 Å². The lowest BCUT2D eigenvalue weighted by Gasteiger charge is -2.23. The van der Waals surface area contributed by atoms with Gasteiger partial charge in [0.2, 0.25) is 11.8 Å². The Bertz CT molecular complexity index is 1000. The molecule has 0 radical (unpaired) electrons. The van der Waals surface area contributed by atoms with Crippen LogP contribution in [0.25, 0.3) is 0 Å². The summed E-state index contributed by atoms with van der Waals surface area (Å²) >= 11 is 0. The minimum Gasteiger partial charge on any atom is -0.360 e. The number of amides is 2. The number of carbonyl (C=O) groups excluding carboxylic acids is 2. The monoisotopic (exact) mass is 403 g/mol. The number of hydrogen-bond acceptors (Lipinski definition) is 4. The molecular formula is C24H25N3O3. The van der Waals surface area contributed by atoms with Crippen molar-refractivity contribution in [2.75, 3.05) is 11.4 Å². The quantitative estimate of drug-likeness (QED) is 0.780. The molecule has 4 heterocycles. The van der Waals surface area contributed by atoms with Gasteiger partial charge in [0, 0.05) is 24.6 Å². The van der Waals surface area contributed by atoms with Crippen LogP contribution < -0.4 is 10.2 Å². The predicted octanol–water partition coefficient (Wildman–Crippen LogP) is 2.81. The summed E-state index contributed by atoms with van der Waals surface area (Å²) in [5, 5.41) is 2.97. The van der Waals surface area contributed by atoms with Crippen molar-refractivity contribution in [3.63, 3.8) is 0 Å². The minimum absolute atomic E-state index is 0.0410. The third kappa shape index (κ3) is 2.94. The van der Waals surface area contributed by atoms with Crippen LogP contribution in [0.4, 0.5) is 5.69 Å². The predicted molar refractivity (Wildman–Crippen MR) is 113 cm³/mol. The van der Waals surface area contributed by atoms with Crippen LogP contribution in [0.15, 0.2) is 60.9 Å². The van der Waals surface area contributed by atoms with Gasteiger partial charge in [0.05, 0.1) is 24.5 Å². The maximum atomic E-state index is 13.4. The lowest BCUT2D eigenvalue weighted by Crippen LogP contribution is -2.44. The first-order chi connectivity index (χ1) is 14.5. The Balaban J connectivity index is 1.36. The van der Waals surface area contributed by atoms with Crippen molar-refractivity contribution in [1.29, 1.82) is 0 Å². The molecule has 3 aliphatic heterocycles. The molecule has 4 atom stereocenters. The Kier molecular flexibility index (Phi) is 4.47. The zero-order valence-corrected chi connectivity index (χ0v) is 17.1. The van der Waals surface area contributed by atoms with Gasteiger partial charge in [-0.15, -0.1) is 0 Å². The average molecular weight is 403 g/mol. The minimum atomic E-state index is -0.714. The molecule has 1 N–H and O–H groups in total. The maximum Gasteiger partial charge on any atom is 0.234 e. The lowest BCUT2D eigenvalue weighted by molar-refractivity contribution is -0.132. The number of fused-ring (bicyclic) bond motifs is 1. The first kappa shape index (κ1) is 19.0. The summed E-state index contributed by atoms with van der Waals surface area (Å²) in [6.45, 7) is 5.11. The Morgan fingerprint density at radius 2 is 2.10 bits per heavy atom. The molecule has 2 amide bonds. The van der Waals surface area contributed by atoms with E-state index in [4.69, 9.17) is 4.74 Å². The van der Waals surface area contributed by atoms with Crippen LogP contribution in [-0.2, 0) is 20.9 Å². The van der Waals surface area contributed by atoms with Gasteiger partial charge in [-0.3, -0.25) is 14.6 Å². The molecule has 1 aromatic carbocycles. The molecule has 0 saturated carbocycles. The lowest BCUT2D eigenvalue weighted by atomic mass is 9.77. The number of carbonyl (C=O) groups is 2. The van der Waals surface area contributed by atoms with Gasteiger partial charge < -0.3 is 15.0 Å². The van der Waals surface area contributed by atoms with E-state index < -0.39 is 17.4 Å². The molecule has 6 heteroatoms. The van der Waals surface area contributed by atoms with Crippen LogP contribution in [-0.4, -0.2) is 35.0 Å². The van der Waals surface area contributed by atoms with Gasteiger partial charge in [-0.1, -0.05) is 44.2 Å². The summed E-state index contributed by atoms with van der Waals surface area (Å²) in [5.74, 6) is -0.766. The fourth-order valence-electron chi connectivity index (χ4n) is 4.87. The number of hydrogen-bond donors (Lipinski definition) is 1. The second-order valence-electron chi connectivity index (χ2n) is 8.65. The van der Waals surface area contributed by atoms with Crippen molar-refractivity contribution in [3.05, 3.63) is 72.1 Å². The molecule has 3 unspecified atom stereocenters. The summed E-state index contributed by atoms with van der Waals surface area (Å²) in [7, 11) is 0. The Labute approximate surface area is 175 Å². The zero-order valence-electron chi connectivity index (χ0n) is 17.1. The average Bonchev–Trinajstić information content (AvgIpc) is 3.41. The first-order valence-electron chi connectivity index (χ1n) is 10.4. The van der Waals surface area contributed by atoms with Crippen LogP contribution in [0.5, 0.6) is 0 Å². The van der Waals surface area contributed by atoms with E-state index in [0.717, 1.165) is 11.3 Å². The molecule has 0 aliphatic carbocycles. The molecule has 2 bridgehead atoms. The van der Waals surface area contributed by atoms with E-state index in [1.165, 1.54) is 5.56 Å². The highest BCUT2D eigenvalue weighted by molar-refractivity contribution is 6.03. The fraction of sp³-hybridized carbons (Fsp3) is 0.375. The van der Waals surface area contributed by atoms with E-state index in [1.54, 1.807) is 17.3 Å². The van der Waals surface area contributed by atoms with Crippen molar-refractivity contribution in [2.45, 2.75) is 38.0 Å². The van der Waals surface area contributed by atoms with Crippen LogP contribution in [0.3, 0.4) is 0 Å². The van der Waals surface area contributed by atoms with Crippen molar-refractivity contribution in [2.24, 2.45) is 11.8 Å². The van der Waals surface area contributed by atoms with E-state index in [-0.39, 0.29) is 17.9 Å². The number of aromatic nitrogens is 1. The molecule has 5 rings (SSSR count). The van der Waals surface area contributed by atoms with E-state index in [0.29, 0.717) is 19.0 Å². The van der Waals surface area contributed by atoms with Crippen LogP contribution >= 0.6 is 0 Å². The number of nitrogens with one attached hydrogen (secondary N) is 1. The van der Waals surface area contributed by atoms with E-state index in [9.17, 15) is 9.59 Å². The molecule has 1 spiro atoms. The van der Waals surface area contributed by atoms with Crippen LogP contribution in [0, 0.1) is 11.8 Å². The second kappa shape index (κ2) is 7.06. The number of rotatable bonds is 5. The number of nitrogens with zero attached hydrogens (tertiary/aromatic N) is 2. The summed E-state index contributed by atoms with van der Waals surface area (Å²) in [4.78, 5) is 32.3. The highest BCUT2D eigenvalue weighted by atomic mass is 16.5. The molecule has 3 aliphatic rings. The molecular weight excluding hydrogens is 378 g/mol. The zero-order chi connectivity index (χ0) is 20.9. The number of ether oxygens (including phenoxy) is 1. The normalized spacial score (nSPS) is 29.0. The SMILES string of the molecule is CC(C)c1ccc(N2CC34C=C[C@@H](O3)C(C(=O)NCc3cccnc3)C4C2=O)cc1. The van der Waals surface area contributed by atoms with Gasteiger partial charge in [-0.05, 0) is 35.2 Å². The topological polar surface area (TPSA) is 71.5 Å². The molecule has 2 fully saturated rings. The highest BCUT2D eigenvalue weighted by Crippen LogP contribution is 2.52. The van der Waals surface area contributed by atoms with Gasteiger partial charge >= 0.3 is 0 Å². The highest BCUT2D eigenvalue weighted by Gasteiger charge is 2.67. The van der Waals surface area contributed by atoms with E-state index >= 15 is 0 Å². The third-order valence-electron chi connectivity index (χ3n) is 6.46. The van der Waals surface area contributed by atoms with Crippen molar-refractivity contribution < 1.29 is 14.3 Å². The Morgan fingerprint density at radius 1 is 1.30 bits per heavy atom. The van der Waals surface area contributed by atoms with Crippen LogP contribution in [0.2, 0.25) is 0 Å². The molecule has 30 heavy (non-hydrogen) atoms. The van der Waals surface area contributed by atoms with Crippen molar-refractivity contribution >= 4 is 17.5 Å². The first-order valence-corrected chi connectivity index (χ1v) is 10.4. The molecule has 2 aromatic rings. The summed E-state index contributed by atoms with van der Waals surface area (Å²) < 4.78 is 6.21. The number of anilines is 1. The van der Waals surface area contributed by atoms with Gasteiger partial charge in [0.15, 0.2) is 0 Å². The van der Waals surface area contributed by atoms with Crippen molar-refractivity contribution in [3.8, 4) is 0 Å². The van der Waals surface area contributed by atoms with Gasteiger partial charge in [0.25, 0.3) is 0 Å². The summed E-state index contributed by atoms with van der Waals surface area (Å²) in [5.41, 5.74) is 2.29.